The zero-order chi connectivity index (χ0) is 18.5. The van der Waals surface area contributed by atoms with Gasteiger partial charge in [-0.1, -0.05) is 58.4 Å². The van der Waals surface area contributed by atoms with Crippen LogP contribution in [-0.2, 0) is 0 Å². The lowest BCUT2D eigenvalue weighted by Crippen LogP contribution is -2.13. The number of anilines is 1. The molecule has 0 atom stereocenters. The second kappa shape index (κ2) is 7.97. The summed E-state index contributed by atoms with van der Waals surface area (Å²) in [6.07, 6.45) is 0. The van der Waals surface area contributed by atoms with Crippen LogP contribution in [0.15, 0.2) is 77.3 Å². The first kappa shape index (κ1) is 17.9. The molecule has 3 aromatic rings. The lowest BCUT2D eigenvalue weighted by molar-refractivity contribution is 0.101. The maximum Gasteiger partial charge on any atom is 0.259 e. The summed E-state index contributed by atoms with van der Waals surface area (Å²) < 4.78 is 6.02. The molecule has 0 heterocycles. The van der Waals surface area contributed by atoms with Crippen molar-refractivity contribution in [3.8, 4) is 5.75 Å². The van der Waals surface area contributed by atoms with Gasteiger partial charge in [-0.2, -0.15) is 0 Å². The number of hydrogen-bond acceptors (Lipinski definition) is 3. The average molecular weight is 410 g/mol. The van der Waals surface area contributed by atoms with Crippen LogP contribution in [-0.4, -0.2) is 18.8 Å². The predicted octanol–water partition coefficient (Wildman–Crippen LogP) is 4.94. The number of nitrogens with one attached hydrogen (secondary N) is 1. The number of amides is 1. The Morgan fingerprint density at radius 2 is 1.62 bits per heavy atom. The van der Waals surface area contributed by atoms with E-state index in [2.05, 4.69) is 21.2 Å². The molecule has 0 spiro atoms. The van der Waals surface area contributed by atoms with E-state index in [-0.39, 0.29) is 11.7 Å². The highest BCUT2D eigenvalue weighted by atomic mass is 79.9. The molecule has 1 N–H and O–H groups in total. The molecule has 3 rings (SSSR count). The number of ether oxygens (including phenoxy) is 1. The van der Waals surface area contributed by atoms with Crippen LogP contribution in [0.2, 0.25) is 0 Å². The molecule has 26 heavy (non-hydrogen) atoms. The van der Waals surface area contributed by atoms with E-state index >= 15 is 0 Å². The van der Waals surface area contributed by atoms with Crippen molar-refractivity contribution in [3.05, 3.63) is 94.0 Å². The van der Waals surface area contributed by atoms with E-state index in [4.69, 9.17) is 4.74 Å². The number of benzene rings is 3. The number of methoxy groups -OCH3 is 1. The third-order valence-corrected chi connectivity index (χ3v) is 4.32. The van der Waals surface area contributed by atoms with Crippen molar-refractivity contribution in [1.29, 1.82) is 0 Å². The van der Waals surface area contributed by atoms with Gasteiger partial charge in [-0.15, -0.1) is 0 Å². The Balaban J connectivity index is 1.84. The highest BCUT2D eigenvalue weighted by Gasteiger charge is 2.14. The summed E-state index contributed by atoms with van der Waals surface area (Å²) in [5.41, 5.74) is 2.06. The minimum Gasteiger partial charge on any atom is -0.496 e. The van der Waals surface area contributed by atoms with Crippen LogP contribution < -0.4 is 10.1 Å². The molecule has 0 aliphatic heterocycles. The highest BCUT2D eigenvalue weighted by molar-refractivity contribution is 9.10. The Morgan fingerprint density at radius 1 is 0.885 bits per heavy atom. The second-order valence-electron chi connectivity index (χ2n) is 5.57. The molecule has 4 nitrogen and oxygen atoms in total. The fourth-order valence-corrected chi connectivity index (χ4v) is 2.91. The summed E-state index contributed by atoms with van der Waals surface area (Å²) in [5.74, 6) is 0.0661. The van der Waals surface area contributed by atoms with Gasteiger partial charge in [0.15, 0.2) is 5.78 Å². The van der Waals surface area contributed by atoms with E-state index in [0.29, 0.717) is 28.1 Å². The number of rotatable bonds is 5. The van der Waals surface area contributed by atoms with E-state index in [1.165, 1.54) is 7.11 Å². The quantitative estimate of drug-likeness (QED) is 0.607. The first-order chi connectivity index (χ1) is 12.6. The summed E-state index contributed by atoms with van der Waals surface area (Å²) in [6, 6.07) is 21.1. The van der Waals surface area contributed by atoms with Crippen LogP contribution >= 0.6 is 15.9 Å². The van der Waals surface area contributed by atoms with Gasteiger partial charge in [-0.05, 0) is 30.3 Å². The molecule has 1 amide bonds. The Labute approximate surface area is 159 Å². The molecule has 0 aliphatic rings. The molecule has 0 saturated carbocycles. The molecule has 5 heteroatoms. The lowest BCUT2D eigenvalue weighted by Gasteiger charge is -2.11. The SMILES string of the molecule is COc1ccc(Br)cc1C(=O)Nc1cccc(C(=O)c2ccccc2)c1. The molecule has 0 aromatic heterocycles. The first-order valence-electron chi connectivity index (χ1n) is 7.93. The van der Waals surface area contributed by atoms with E-state index in [0.717, 1.165) is 4.47 Å². The number of carbonyl (C=O) groups is 2. The van der Waals surface area contributed by atoms with E-state index in [1.807, 2.05) is 18.2 Å². The van der Waals surface area contributed by atoms with Crippen molar-refractivity contribution in [2.75, 3.05) is 12.4 Å². The minimum absolute atomic E-state index is 0.0956. The van der Waals surface area contributed by atoms with Crippen molar-refractivity contribution >= 4 is 33.3 Å². The summed E-state index contributed by atoms with van der Waals surface area (Å²) >= 11 is 3.36. The third-order valence-electron chi connectivity index (χ3n) is 3.82. The van der Waals surface area contributed by atoms with Gasteiger partial charge in [0.1, 0.15) is 5.75 Å². The van der Waals surface area contributed by atoms with Crippen LogP contribution in [0.3, 0.4) is 0 Å². The Kier molecular flexibility index (Phi) is 5.49. The van der Waals surface area contributed by atoms with Gasteiger partial charge >= 0.3 is 0 Å². The second-order valence-corrected chi connectivity index (χ2v) is 6.49. The maximum absolute atomic E-state index is 12.6. The molecule has 0 fully saturated rings. The van der Waals surface area contributed by atoms with Crippen molar-refractivity contribution < 1.29 is 14.3 Å². The molecule has 0 aliphatic carbocycles. The molecule has 3 aromatic carbocycles. The average Bonchev–Trinajstić information content (AvgIpc) is 2.68. The normalized spacial score (nSPS) is 10.2. The number of ketones is 1. The fourth-order valence-electron chi connectivity index (χ4n) is 2.55. The largest absolute Gasteiger partial charge is 0.496 e. The van der Waals surface area contributed by atoms with Crippen molar-refractivity contribution in [2.24, 2.45) is 0 Å². The van der Waals surface area contributed by atoms with Crippen LogP contribution in [0.25, 0.3) is 0 Å². The van der Waals surface area contributed by atoms with Gasteiger partial charge < -0.3 is 10.1 Å². The monoisotopic (exact) mass is 409 g/mol. The van der Waals surface area contributed by atoms with Crippen LogP contribution in [0.4, 0.5) is 5.69 Å². The smallest absolute Gasteiger partial charge is 0.259 e. The van der Waals surface area contributed by atoms with Crippen molar-refractivity contribution in [2.45, 2.75) is 0 Å². The van der Waals surface area contributed by atoms with Gasteiger partial charge in [0.25, 0.3) is 5.91 Å². The van der Waals surface area contributed by atoms with Gasteiger partial charge in [0, 0.05) is 21.3 Å². The van der Waals surface area contributed by atoms with Gasteiger partial charge in [0.05, 0.1) is 12.7 Å². The number of halogens is 1. The fraction of sp³-hybridized carbons (Fsp3) is 0.0476. The van der Waals surface area contributed by atoms with Crippen LogP contribution in [0.5, 0.6) is 5.75 Å². The predicted molar refractivity (Wildman–Crippen MR) is 105 cm³/mol. The molecule has 0 unspecified atom stereocenters. The third kappa shape index (κ3) is 4.00. The van der Waals surface area contributed by atoms with Gasteiger partial charge in [-0.25, -0.2) is 0 Å². The zero-order valence-corrected chi connectivity index (χ0v) is 15.6. The standard InChI is InChI=1S/C21H16BrNO3/c1-26-19-11-10-16(22)13-18(19)21(25)23-17-9-5-8-15(12-17)20(24)14-6-3-2-4-7-14/h2-13H,1H3,(H,23,25). The molecule has 130 valence electrons. The summed E-state index contributed by atoms with van der Waals surface area (Å²) in [4.78, 5) is 25.2. The molecule has 0 radical (unpaired) electrons. The molecular weight excluding hydrogens is 394 g/mol. The summed E-state index contributed by atoms with van der Waals surface area (Å²) in [7, 11) is 1.51. The van der Waals surface area contributed by atoms with E-state index in [9.17, 15) is 9.59 Å². The Bertz CT molecular complexity index is 954. The molecule has 0 bridgehead atoms. The van der Waals surface area contributed by atoms with Gasteiger partial charge in [-0.3, -0.25) is 9.59 Å². The first-order valence-corrected chi connectivity index (χ1v) is 8.72. The molecule has 0 saturated heterocycles. The number of carbonyl (C=O) groups excluding carboxylic acids is 2. The van der Waals surface area contributed by atoms with Crippen LogP contribution in [0, 0.1) is 0 Å². The summed E-state index contributed by atoms with van der Waals surface area (Å²) in [5, 5.41) is 2.81. The molecular formula is C21H16BrNO3. The topological polar surface area (TPSA) is 55.4 Å². The van der Waals surface area contributed by atoms with E-state index in [1.54, 1.807) is 54.6 Å². The lowest BCUT2D eigenvalue weighted by atomic mass is 10.0. The van der Waals surface area contributed by atoms with Gasteiger partial charge in [0.2, 0.25) is 0 Å². The van der Waals surface area contributed by atoms with Crippen molar-refractivity contribution in [3.63, 3.8) is 0 Å². The minimum atomic E-state index is -0.313. The van der Waals surface area contributed by atoms with Crippen LogP contribution in [0.1, 0.15) is 26.3 Å². The Morgan fingerprint density at radius 3 is 2.35 bits per heavy atom. The summed E-state index contributed by atoms with van der Waals surface area (Å²) in [6.45, 7) is 0. The Hall–Kier alpha value is -2.92. The van der Waals surface area contributed by atoms with Crippen molar-refractivity contribution in [1.82, 2.24) is 0 Å². The zero-order valence-electron chi connectivity index (χ0n) is 14.0. The van der Waals surface area contributed by atoms with E-state index < -0.39 is 0 Å². The maximum atomic E-state index is 12.6. The number of hydrogen-bond donors (Lipinski definition) is 1. The highest BCUT2D eigenvalue weighted by Crippen LogP contribution is 2.24.